The number of unbranched alkanes of at least 4 members (excludes halogenated alkanes) is 30. The maximum Gasteiger partial charge on any atom is 0.0558 e. The predicted octanol–water partition coefficient (Wildman–Crippen LogP) is 13.8. The number of rotatable bonds is 42. The van der Waals surface area contributed by atoms with Crippen LogP contribution in [0.25, 0.3) is 0 Å². The molecule has 0 saturated carbocycles. The van der Waals surface area contributed by atoms with E-state index in [1.54, 1.807) is 0 Å². The van der Waals surface area contributed by atoms with Crippen LogP contribution in [0, 0.1) is 0 Å². The number of hydrogen-bond donors (Lipinski definition) is 2. The lowest BCUT2D eigenvalue weighted by atomic mass is 10.0. The third kappa shape index (κ3) is 32.5. The highest BCUT2D eigenvalue weighted by Gasteiger charge is 2.09. The molecule has 0 fully saturated rings. The number of benzene rings is 1. The summed E-state index contributed by atoms with van der Waals surface area (Å²) in [6.45, 7) is 10.4. The van der Waals surface area contributed by atoms with E-state index in [1.807, 2.05) is 0 Å². The van der Waals surface area contributed by atoms with E-state index in [9.17, 15) is 10.2 Å². The molecule has 4 nitrogen and oxygen atoms in total. The second kappa shape index (κ2) is 39.7. The molecule has 1 rings (SSSR count). The first-order valence-corrected chi connectivity index (χ1v) is 23.5. The zero-order valence-corrected chi connectivity index (χ0v) is 35.4. The van der Waals surface area contributed by atoms with Crippen LogP contribution >= 0.6 is 0 Å². The average molecular weight is 729 g/mol. The summed E-state index contributed by atoms with van der Waals surface area (Å²) in [4.78, 5) is 4.85. The van der Waals surface area contributed by atoms with Crippen molar-refractivity contribution in [1.29, 1.82) is 0 Å². The second-order valence-electron chi connectivity index (χ2n) is 16.4. The van der Waals surface area contributed by atoms with Crippen molar-refractivity contribution in [2.45, 2.75) is 232 Å². The molecule has 1 aromatic rings. The van der Waals surface area contributed by atoms with Gasteiger partial charge in [-0.05, 0) is 37.1 Å². The topological polar surface area (TPSA) is 46.9 Å². The Balaban J connectivity index is 2.27. The molecule has 0 aromatic heterocycles. The van der Waals surface area contributed by atoms with Gasteiger partial charge in [-0.2, -0.15) is 0 Å². The van der Waals surface area contributed by atoms with Crippen molar-refractivity contribution in [1.82, 2.24) is 9.80 Å². The van der Waals surface area contributed by atoms with Crippen molar-refractivity contribution in [3.8, 4) is 0 Å². The van der Waals surface area contributed by atoms with Crippen LogP contribution in [-0.4, -0.2) is 59.4 Å². The van der Waals surface area contributed by atoms with E-state index in [0.717, 1.165) is 13.1 Å². The van der Waals surface area contributed by atoms with E-state index in [1.165, 1.54) is 230 Å². The van der Waals surface area contributed by atoms with Gasteiger partial charge >= 0.3 is 0 Å². The largest absolute Gasteiger partial charge is 0.395 e. The molecule has 2 N–H and O–H groups in total. The SMILES string of the molecule is CCCCCCCCCCCCCCCCCCN(CCCCCCCCCCCCCCCCCC)Cc1ccc(CN(CCO)CCO)cc1. The van der Waals surface area contributed by atoms with Crippen LogP contribution in [0.4, 0.5) is 0 Å². The monoisotopic (exact) mass is 729 g/mol. The van der Waals surface area contributed by atoms with E-state index in [-0.39, 0.29) is 13.2 Å². The standard InChI is InChI=1S/C48H92N2O2/c1-3-5-7-9-11-13-15-17-19-21-23-25-27-29-31-33-39-49(45-47-35-37-48(38-36-47)46-50(41-43-51)42-44-52)40-34-32-30-28-26-24-22-20-18-16-14-12-10-8-6-4-2/h35-38,51-52H,3-34,39-46H2,1-2H3. The smallest absolute Gasteiger partial charge is 0.0558 e. The normalized spacial score (nSPS) is 11.8. The summed E-state index contributed by atoms with van der Waals surface area (Å²) in [5, 5.41) is 18.8. The van der Waals surface area contributed by atoms with Gasteiger partial charge in [0, 0.05) is 26.2 Å². The minimum atomic E-state index is 0.131. The van der Waals surface area contributed by atoms with Gasteiger partial charge in [0.15, 0.2) is 0 Å². The van der Waals surface area contributed by atoms with Crippen molar-refractivity contribution < 1.29 is 10.2 Å². The van der Waals surface area contributed by atoms with Gasteiger partial charge in [-0.15, -0.1) is 0 Å². The molecule has 306 valence electrons. The molecule has 0 saturated heterocycles. The van der Waals surface area contributed by atoms with Crippen molar-refractivity contribution in [3.05, 3.63) is 35.4 Å². The summed E-state index contributed by atoms with van der Waals surface area (Å²) in [6.07, 6.45) is 45.6. The fraction of sp³-hybridized carbons (Fsp3) is 0.875. The van der Waals surface area contributed by atoms with Crippen LogP contribution < -0.4 is 0 Å². The Morgan fingerprint density at radius 2 is 0.519 bits per heavy atom. The van der Waals surface area contributed by atoms with Gasteiger partial charge in [-0.3, -0.25) is 9.80 Å². The number of aliphatic hydroxyl groups is 2. The lowest BCUT2D eigenvalue weighted by molar-refractivity contribution is 0.156. The summed E-state index contributed by atoms with van der Waals surface area (Å²) in [5.41, 5.74) is 2.67. The summed E-state index contributed by atoms with van der Waals surface area (Å²) >= 11 is 0. The van der Waals surface area contributed by atoms with Crippen molar-refractivity contribution >= 4 is 0 Å². The molecule has 0 unspecified atom stereocenters. The number of nitrogens with zero attached hydrogens (tertiary/aromatic N) is 2. The van der Waals surface area contributed by atoms with E-state index < -0.39 is 0 Å². The van der Waals surface area contributed by atoms with Crippen LogP contribution in [-0.2, 0) is 13.1 Å². The molecule has 0 aliphatic carbocycles. The zero-order chi connectivity index (χ0) is 37.4. The Hall–Kier alpha value is -0.940. The molecule has 0 spiro atoms. The second-order valence-corrected chi connectivity index (χ2v) is 16.4. The molecule has 0 heterocycles. The molecule has 0 radical (unpaired) electrons. The fourth-order valence-electron chi connectivity index (χ4n) is 7.86. The van der Waals surface area contributed by atoms with Crippen molar-refractivity contribution in [3.63, 3.8) is 0 Å². The van der Waals surface area contributed by atoms with Crippen LogP contribution in [0.5, 0.6) is 0 Å². The van der Waals surface area contributed by atoms with Gasteiger partial charge in [-0.1, -0.05) is 231 Å². The Morgan fingerprint density at radius 3 is 0.750 bits per heavy atom. The van der Waals surface area contributed by atoms with Crippen LogP contribution in [0.1, 0.15) is 230 Å². The van der Waals surface area contributed by atoms with E-state index in [0.29, 0.717) is 13.1 Å². The van der Waals surface area contributed by atoms with Gasteiger partial charge in [0.05, 0.1) is 13.2 Å². The number of hydrogen-bond acceptors (Lipinski definition) is 4. The van der Waals surface area contributed by atoms with Gasteiger partial charge in [0.25, 0.3) is 0 Å². The molecule has 4 heteroatoms. The van der Waals surface area contributed by atoms with Gasteiger partial charge in [0.2, 0.25) is 0 Å². The highest BCUT2D eigenvalue weighted by atomic mass is 16.3. The minimum absolute atomic E-state index is 0.131. The molecule has 0 amide bonds. The lowest BCUT2D eigenvalue weighted by Gasteiger charge is -2.23. The highest BCUT2D eigenvalue weighted by Crippen LogP contribution is 2.17. The first kappa shape index (κ1) is 49.1. The maximum atomic E-state index is 9.38. The Kier molecular flexibility index (Phi) is 37.5. The number of aliphatic hydroxyl groups excluding tert-OH is 2. The summed E-state index contributed by atoms with van der Waals surface area (Å²) in [6, 6.07) is 9.11. The van der Waals surface area contributed by atoms with Crippen molar-refractivity contribution in [2.24, 2.45) is 0 Å². The van der Waals surface area contributed by atoms with Crippen LogP contribution in [0.15, 0.2) is 24.3 Å². The third-order valence-corrected chi connectivity index (χ3v) is 11.3. The maximum absolute atomic E-state index is 9.38. The van der Waals surface area contributed by atoms with Crippen molar-refractivity contribution in [2.75, 3.05) is 39.4 Å². The molecule has 0 aliphatic rings. The molecule has 1 aromatic carbocycles. The van der Waals surface area contributed by atoms with Gasteiger partial charge in [0.1, 0.15) is 0 Å². The molecular formula is C48H92N2O2. The Morgan fingerprint density at radius 1 is 0.308 bits per heavy atom. The highest BCUT2D eigenvalue weighted by molar-refractivity contribution is 5.22. The van der Waals surface area contributed by atoms with Crippen LogP contribution in [0.3, 0.4) is 0 Å². The first-order chi connectivity index (χ1) is 25.7. The first-order valence-electron chi connectivity index (χ1n) is 23.5. The van der Waals surface area contributed by atoms with Gasteiger partial charge in [-0.25, -0.2) is 0 Å². The predicted molar refractivity (Wildman–Crippen MR) is 230 cm³/mol. The fourth-order valence-corrected chi connectivity index (χ4v) is 7.86. The Bertz CT molecular complexity index is 773. The van der Waals surface area contributed by atoms with E-state index >= 15 is 0 Å². The molecule has 0 bridgehead atoms. The Labute approximate surface area is 326 Å². The molecule has 0 atom stereocenters. The third-order valence-electron chi connectivity index (χ3n) is 11.3. The molecular weight excluding hydrogens is 637 g/mol. The quantitative estimate of drug-likeness (QED) is 0.0658. The minimum Gasteiger partial charge on any atom is -0.395 e. The van der Waals surface area contributed by atoms with E-state index in [4.69, 9.17) is 0 Å². The zero-order valence-electron chi connectivity index (χ0n) is 35.4. The molecule has 52 heavy (non-hydrogen) atoms. The average Bonchev–Trinajstić information content (AvgIpc) is 3.15. The summed E-state index contributed by atoms with van der Waals surface area (Å²) < 4.78 is 0. The lowest BCUT2D eigenvalue weighted by Crippen LogP contribution is -2.29. The summed E-state index contributed by atoms with van der Waals surface area (Å²) in [5.74, 6) is 0. The van der Waals surface area contributed by atoms with Crippen LogP contribution in [0.2, 0.25) is 0 Å². The summed E-state index contributed by atoms with van der Waals surface area (Å²) in [7, 11) is 0. The molecule has 0 aliphatic heterocycles. The van der Waals surface area contributed by atoms with E-state index in [2.05, 4.69) is 47.9 Å². The van der Waals surface area contributed by atoms with Gasteiger partial charge < -0.3 is 10.2 Å².